The maximum atomic E-state index is 12.0. The van der Waals surface area contributed by atoms with Crippen LogP contribution in [0, 0.1) is 6.92 Å². The van der Waals surface area contributed by atoms with Crippen LogP contribution in [0.25, 0.3) is 0 Å². The van der Waals surface area contributed by atoms with Crippen molar-refractivity contribution in [2.75, 3.05) is 11.9 Å². The molecular weight excluding hydrogens is 378 g/mol. The Morgan fingerprint density at radius 1 is 1.26 bits per heavy atom. The molecule has 1 aromatic heterocycles. The van der Waals surface area contributed by atoms with E-state index in [1.165, 1.54) is 16.9 Å². The third-order valence-electron chi connectivity index (χ3n) is 3.20. The molecule has 23 heavy (non-hydrogen) atoms. The molecule has 122 valence electrons. The van der Waals surface area contributed by atoms with E-state index >= 15 is 0 Å². The number of hydrogen-bond donors (Lipinski definition) is 1. The Bertz CT molecular complexity index is 694. The zero-order valence-corrected chi connectivity index (χ0v) is 15.4. The van der Waals surface area contributed by atoms with Crippen molar-refractivity contribution < 1.29 is 14.3 Å². The number of anilines is 1. The molecule has 0 spiro atoms. The van der Waals surface area contributed by atoms with Crippen molar-refractivity contribution in [3.05, 3.63) is 50.1 Å². The van der Waals surface area contributed by atoms with E-state index in [1.807, 2.05) is 25.1 Å². The Kier molecular flexibility index (Phi) is 6.36. The SMILES string of the molecule is CCCc1cc(C(=O)OCC(=O)Nc2ccc(Br)cc2)sc1C. The van der Waals surface area contributed by atoms with Crippen molar-refractivity contribution in [1.82, 2.24) is 0 Å². The summed E-state index contributed by atoms with van der Waals surface area (Å²) in [6.07, 6.45) is 1.97. The minimum Gasteiger partial charge on any atom is -0.451 e. The van der Waals surface area contributed by atoms with E-state index < -0.39 is 5.97 Å². The molecule has 0 atom stereocenters. The summed E-state index contributed by atoms with van der Waals surface area (Å²) in [5, 5.41) is 2.68. The molecule has 0 aliphatic rings. The summed E-state index contributed by atoms with van der Waals surface area (Å²) in [4.78, 5) is 25.5. The molecular formula is C17H18BrNO3S. The van der Waals surface area contributed by atoms with Gasteiger partial charge in [-0.3, -0.25) is 4.79 Å². The summed E-state index contributed by atoms with van der Waals surface area (Å²) < 4.78 is 6.01. The standard InChI is InChI=1S/C17H18BrNO3S/c1-3-4-12-9-15(23-11(12)2)17(21)22-10-16(20)19-14-7-5-13(18)6-8-14/h5-9H,3-4,10H2,1-2H3,(H,19,20). The highest BCUT2D eigenvalue weighted by Crippen LogP contribution is 2.23. The van der Waals surface area contributed by atoms with Gasteiger partial charge in [-0.15, -0.1) is 11.3 Å². The number of thiophene rings is 1. The highest BCUT2D eigenvalue weighted by Gasteiger charge is 2.15. The van der Waals surface area contributed by atoms with Gasteiger partial charge in [0.1, 0.15) is 4.88 Å². The number of esters is 1. The Hall–Kier alpha value is -1.66. The summed E-state index contributed by atoms with van der Waals surface area (Å²) in [6, 6.07) is 9.04. The average Bonchev–Trinajstić information content (AvgIpc) is 2.89. The van der Waals surface area contributed by atoms with E-state index in [4.69, 9.17) is 4.74 Å². The molecule has 0 saturated carbocycles. The van der Waals surface area contributed by atoms with Crippen molar-refractivity contribution >= 4 is 44.8 Å². The second-order valence-electron chi connectivity index (χ2n) is 5.07. The van der Waals surface area contributed by atoms with Crippen LogP contribution >= 0.6 is 27.3 Å². The smallest absolute Gasteiger partial charge is 0.348 e. The van der Waals surface area contributed by atoms with Crippen LogP contribution in [0.4, 0.5) is 5.69 Å². The van der Waals surface area contributed by atoms with Crippen LogP contribution in [0.5, 0.6) is 0 Å². The maximum Gasteiger partial charge on any atom is 0.348 e. The van der Waals surface area contributed by atoms with Crippen LogP contribution in [0.15, 0.2) is 34.8 Å². The molecule has 0 aliphatic carbocycles. The number of rotatable bonds is 6. The summed E-state index contributed by atoms with van der Waals surface area (Å²) in [5.41, 5.74) is 1.83. The topological polar surface area (TPSA) is 55.4 Å². The molecule has 0 unspecified atom stereocenters. The van der Waals surface area contributed by atoms with Gasteiger partial charge in [-0.25, -0.2) is 4.79 Å². The Morgan fingerprint density at radius 2 is 1.96 bits per heavy atom. The highest BCUT2D eigenvalue weighted by atomic mass is 79.9. The third kappa shape index (κ3) is 5.18. The van der Waals surface area contributed by atoms with Gasteiger partial charge in [0.25, 0.3) is 5.91 Å². The first-order chi connectivity index (χ1) is 11.0. The number of aryl methyl sites for hydroxylation is 2. The number of carbonyl (C=O) groups is 2. The minimum atomic E-state index is -0.452. The lowest BCUT2D eigenvalue weighted by molar-refractivity contribution is -0.119. The fourth-order valence-corrected chi connectivity index (χ4v) is 3.30. The predicted octanol–water partition coefficient (Wildman–Crippen LogP) is 4.57. The summed E-state index contributed by atoms with van der Waals surface area (Å²) in [6.45, 7) is 3.79. The summed E-state index contributed by atoms with van der Waals surface area (Å²) in [5.74, 6) is -0.811. The third-order valence-corrected chi connectivity index (χ3v) is 4.80. The molecule has 1 aromatic carbocycles. The van der Waals surface area contributed by atoms with Gasteiger partial charge >= 0.3 is 5.97 Å². The van der Waals surface area contributed by atoms with Crippen molar-refractivity contribution in [2.24, 2.45) is 0 Å². The number of nitrogens with one attached hydrogen (secondary N) is 1. The lowest BCUT2D eigenvalue weighted by atomic mass is 10.1. The molecule has 0 radical (unpaired) electrons. The predicted molar refractivity (Wildman–Crippen MR) is 96.1 cm³/mol. The van der Waals surface area contributed by atoms with Gasteiger partial charge < -0.3 is 10.1 Å². The number of carbonyl (C=O) groups excluding carboxylic acids is 2. The first-order valence-electron chi connectivity index (χ1n) is 7.31. The van der Waals surface area contributed by atoms with Gasteiger partial charge in [0, 0.05) is 15.0 Å². The molecule has 0 fully saturated rings. The fraction of sp³-hybridized carbons (Fsp3) is 0.294. The zero-order valence-electron chi connectivity index (χ0n) is 13.0. The van der Waals surface area contributed by atoms with Gasteiger partial charge in [-0.05, 0) is 49.2 Å². The van der Waals surface area contributed by atoms with Crippen molar-refractivity contribution in [3.63, 3.8) is 0 Å². The number of benzene rings is 1. The normalized spacial score (nSPS) is 10.4. The van der Waals surface area contributed by atoms with E-state index in [9.17, 15) is 9.59 Å². The molecule has 0 aliphatic heterocycles. The van der Waals surface area contributed by atoms with E-state index in [1.54, 1.807) is 12.1 Å². The molecule has 2 aromatic rings. The maximum absolute atomic E-state index is 12.0. The minimum absolute atomic E-state index is 0.297. The van der Waals surface area contributed by atoms with E-state index in [-0.39, 0.29) is 12.5 Å². The van der Waals surface area contributed by atoms with Gasteiger partial charge in [0.15, 0.2) is 6.61 Å². The molecule has 0 bridgehead atoms. The van der Waals surface area contributed by atoms with Crippen LogP contribution in [-0.2, 0) is 16.0 Å². The van der Waals surface area contributed by atoms with Gasteiger partial charge in [-0.2, -0.15) is 0 Å². The van der Waals surface area contributed by atoms with Crippen molar-refractivity contribution in [2.45, 2.75) is 26.7 Å². The lowest BCUT2D eigenvalue weighted by Crippen LogP contribution is -2.20. The van der Waals surface area contributed by atoms with Crippen molar-refractivity contribution in [3.8, 4) is 0 Å². The largest absolute Gasteiger partial charge is 0.451 e. The summed E-state index contributed by atoms with van der Waals surface area (Å²) >= 11 is 4.73. The molecule has 6 heteroatoms. The first kappa shape index (κ1) is 17.7. The van der Waals surface area contributed by atoms with Crippen molar-refractivity contribution in [1.29, 1.82) is 0 Å². The van der Waals surface area contributed by atoms with Gasteiger partial charge in [0.05, 0.1) is 0 Å². The monoisotopic (exact) mass is 395 g/mol. The fourth-order valence-electron chi connectivity index (χ4n) is 2.07. The number of halogens is 1. The highest BCUT2D eigenvalue weighted by molar-refractivity contribution is 9.10. The van der Waals surface area contributed by atoms with E-state index in [0.29, 0.717) is 10.6 Å². The lowest BCUT2D eigenvalue weighted by Gasteiger charge is -2.06. The molecule has 2 rings (SSSR count). The van der Waals surface area contributed by atoms with Crippen LogP contribution in [0.3, 0.4) is 0 Å². The Balaban J connectivity index is 1.87. The zero-order chi connectivity index (χ0) is 16.8. The summed E-state index contributed by atoms with van der Waals surface area (Å²) in [7, 11) is 0. The molecule has 1 N–H and O–H groups in total. The Morgan fingerprint density at radius 3 is 2.61 bits per heavy atom. The number of hydrogen-bond acceptors (Lipinski definition) is 4. The second kappa shape index (κ2) is 8.26. The number of ether oxygens (including phenoxy) is 1. The van der Waals surface area contributed by atoms with E-state index in [2.05, 4.69) is 28.2 Å². The molecule has 0 saturated heterocycles. The van der Waals surface area contributed by atoms with Crippen LogP contribution in [0.1, 0.15) is 33.5 Å². The van der Waals surface area contributed by atoms with E-state index in [0.717, 1.165) is 22.2 Å². The first-order valence-corrected chi connectivity index (χ1v) is 8.92. The van der Waals surface area contributed by atoms with Crippen LogP contribution < -0.4 is 5.32 Å². The van der Waals surface area contributed by atoms with Gasteiger partial charge in [0.2, 0.25) is 0 Å². The second-order valence-corrected chi connectivity index (χ2v) is 7.25. The quantitative estimate of drug-likeness (QED) is 0.728. The van der Waals surface area contributed by atoms with Gasteiger partial charge in [-0.1, -0.05) is 29.3 Å². The van der Waals surface area contributed by atoms with Crippen LogP contribution in [0.2, 0.25) is 0 Å². The Labute approximate surface area is 148 Å². The molecule has 4 nitrogen and oxygen atoms in total. The number of amides is 1. The van der Waals surface area contributed by atoms with Crippen LogP contribution in [-0.4, -0.2) is 18.5 Å². The molecule has 1 heterocycles. The molecule has 1 amide bonds. The average molecular weight is 396 g/mol.